The van der Waals surface area contributed by atoms with Crippen molar-refractivity contribution in [1.29, 1.82) is 0 Å². The second-order valence-corrected chi connectivity index (χ2v) is 6.29. The number of benzene rings is 2. The first kappa shape index (κ1) is 19.1. The number of carbonyl (C=O) groups is 2. The molecule has 1 atom stereocenters. The minimum absolute atomic E-state index is 0.00604. The first-order valence-electron chi connectivity index (χ1n) is 7.83. The quantitative estimate of drug-likeness (QED) is 0.678. The van der Waals surface area contributed by atoms with Gasteiger partial charge in [-0.3, -0.25) is 10.1 Å². The van der Waals surface area contributed by atoms with Gasteiger partial charge in [0.05, 0.1) is 12.2 Å². The van der Waals surface area contributed by atoms with Crippen molar-refractivity contribution in [3.8, 4) is 0 Å². The summed E-state index contributed by atoms with van der Waals surface area (Å²) in [6.45, 7) is 1.97. The number of rotatable bonds is 6. The molecule has 0 aliphatic carbocycles. The lowest BCUT2D eigenvalue weighted by Gasteiger charge is -2.17. The maximum Gasteiger partial charge on any atom is 0.326 e. The van der Waals surface area contributed by atoms with Crippen molar-refractivity contribution in [2.45, 2.75) is 19.4 Å². The van der Waals surface area contributed by atoms with E-state index in [0.717, 1.165) is 16.5 Å². The van der Waals surface area contributed by atoms with Gasteiger partial charge in [0.25, 0.3) is 0 Å². The van der Waals surface area contributed by atoms with Crippen LogP contribution in [0, 0.1) is 5.82 Å². The van der Waals surface area contributed by atoms with Crippen molar-refractivity contribution < 1.29 is 14.0 Å². The van der Waals surface area contributed by atoms with E-state index in [-0.39, 0.29) is 18.3 Å². The highest BCUT2D eigenvalue weighted by Gasteiger charge is 2.13. The summed E-state index contributed by atoms with van der Waals surface area (Å²) in [4.78, 5) is 23.7. The largest absolute Gasteiger partial charge is 0.326 e. The van der Waals surface area contributed by atoms with Crippen molar-refractivity contribution in [1.82, 2.24) is 10.6 Å². The summed E-state index contributed by atoms with van der Waals surface area (Å²) < 4.78 is 14.4. The maximum absolute atomic E-state index is 13.5. The number of imide groups is 1. The lowest BCUT2D eigenvalue weighted by atomic mass is 10.0. The molecule has 0 aromatic heterocycles. The maximum atomic E-state index is 13.5. The first-order valence-corrected chi connectivity index (χ1v) is 8.63. The first-order chi connectivity index (χ1) is 12.0. The molecule has 2 aromatic carbocycles. The van der Waals surface area contributed by atoms with Gasteiger partial charge in [-0.15, -0.1) is 0 Å². The van der Waals surface area contributed by atoms with Gasteiger partial charge in [-0.1, -0.05) is 47.1 Å². The van der Waals surface area contributed by atoms with Crippen LogP contribution >= 0.6 is 15.9 Å². The Morgan fingerprint density at radius 2 is 1.80 bits per heavy atom. The fraction of sp³-hybridized carbons (Fsp3) is 0.222. The van der Waals surface area contributed by atoms with Crippen LogP contribution in [-0.2, 0) is 4.79 Å². The zero-order valence-electron chi connectivity index (χ0n) is 13.7. The molecule has 0 spiro atoms. The number of anilines is 1. The number of nitrogens with one attached hydrogen (secondary N) is 3. The Labute approximate surface area is 154 Å². The van der Waals surface area contributed by atoms with Crippen molar-refractivity contribution in [2.24, 2.45) is 0 Å². The van der Waals surface area contributed by atoms with Crippen LogP contribution in [0.4, 0.5) is 14.9 Å². The molecule has 2 rings (SSSR count). The summed E-state index contributed by atoms with van der Waals surface area (Å²) in [5, 5.41) is 7.58. The summed E-state index contributed by atoms with van der Waals surface area (Å²) >= 11 is 3.38. The molecule has 3 N–H and O–H groups in total. The van der Waals surface area contributed by atoms with Gasteiger partial charge in [-0.05, 0) is 36.2 Å². The third-order valence-corrected chi connectivity index (χ3v) is 4.09. The zero-order valence-corrected chi connectivity index (χ0v) is 15.3. The number of hydrogen-bond donors (Lipinski definition) is 3. The summed E-state index contributed by atoms with van der Waals surface area (Å²) in [6, 6.07) is 12.8. The van der Waals surface area contributed by atoms with Crippen LogP contribution in [0.3, 0.4) is 0 Å². The molecule has 5 nitrogen and oxygen atoms in total. The molecule has 0 radical (unpaired) electrons. The van der Waals surface area contributed by atoms with E-state index in [1.807, 2.05) is 31.2 Å². The Morgan fingerprint density at radius 3 is 2.44 bits per heavy atom. The summed E-state index contributed by atoms with van der Waals surface area (Å²) in [6.07, 6.45) is 0.788. The molecule has 0 saturated heterocycles. The third-order valence-electron chi connectivity index (χ3n) is 3.56. The average Bonchev–Trinajstić information content (AvgIpc) is 2.59. The zero-order chi connectivity index (χ0) is 18.2. The molecule has 132 valence electrons. The number of carbonyl (C=O) groups excluding carboxylic acids is 2. The average molecular weight is 408 g/mol. The van der Waals surface area contributed by atoms with E-state index in [1.54, 1.807) is 6.07 Å². The molecular weight excluding hydrogens is 389 g/mol. The highest BCUT2D eigenvalue weighted by Crippen LogP contribution is 2.19. The fourth-order valence-corrected chi connectivity index (χ4v) is 2.56. The standard InChI is InChI=1S/C18H19BrFN3O2/c1-2-15(12-7-9-13(19)10-8-12)21-11-17(24)23-18(25)22-16-6-4-3-5-14(16)20/h3-10,15,21H,2,11H2,1H3,(H2,22,23,24,25)/t15-/m0/s1. The van der Waals surface area contributed by atoms with Gasteiger partial charge < -0.3 is 10.6 Å². The van der Waals surface area contributed by atoms with Gasteiger partial charge in [-0.25, -0.2) is 9.18 Å². The molecule has 0 saturated carbocycles. The molecule has 0 heterocycles. The topological polar surface area (TPSA) is 70.2 Å². The molecule has 7 heteroatoms. The number of urea groups is 1. The molecule has 2 aromatic rings. The second-order valence-electron chi connectivity index (χ2n) is 5.38. The lowest BCUT2D eigenvalue weighted by molar-refractivity contribution is -0.119. The van der Waals surface area contributed by atoms with Gasteiger partial charge in [-0.2, -0.15) is 0 Å². The monoisotopic (exact) mass is 407 g/mol. The molecular formula is C18H19BrFN3O2. The molecule has 0 aliphatic heterocycles. The van der Waals surface area contributed by atoms with E-state index in [9.17, 15) is 14.0 Å². The number of amides is 3. The van der Waals surface area contributed by atoms with Crippen LogP contribution in [0.1, 0.15) is 24.9 Å². The van der Waals surface area contributed by atoms with E-state index in [4.69, 9.17) is 0 Å². The van der Waals surface area contributed by atoms with E-state index in [0.29, 0.717) is 0 Å². The summed E-state index contributed by atoms with van der Waals surface area (Å²) in [5.74, 6) is -1.06. The van der Waals surface area contributed by atoms with Gasteiger partial charge >= 0.3 is 6.03 Å². The fourth-order valence-electron chi connectivity index (χ4n) is 2.30. The Kier molecular flexibility index (Phi) is 7.09. The SMILES string of the molecule is CC[C@H](NCC(=O)NC(=O)Nc1ccccc1F)c1ccc(Br)cc1. The van der Waals surface area contributed by atoms with Gasteiger partial charge in [0.15, 0.2) is 0 Å². The predicted molar refractivity (Wildman–Crippen MR) is 98.7 cm³/mol. The van der Waals surface area contributed by atoms with E-state index >= 15 is 0 Å². The molecule has 0 bridgehead atoms. The number of para-hydroxylation sites is 1. The molecule has 0 unspecified atom stereocenters. The minimum atomic E-state index is -0.770. The summed E-state index contributed by atoms with van der Waals surface area (Å²) in [7, 11) is 0. The molecule has 0 fully saturated rings. The number of halogens is 2. The molecule has 25 heavy (non-hydrogen) atoms. The highest BCUT2D eigenvalue weighted by molar-refractivity contribution is 9.10. The van der Waals surface area contributed by atoms with Crippen molar-refractivity contribution in [3.05, 3.63) is 64.4 Å². The minimum Gasteiger partial charge on any atom is -0.305 e. The predicted octanol–water partition coefficient (Wildman–Crippen LogP) is 3.98. The third kappa shape index (κ3) is 5.95. The van der Waals surface area contributed by atoms with Gasteiger partial charge in [0.2, 0.25) is 5.91 Å². The smallest absolute Gasteiger partial charge is 0.305 e. The second kappa shape index (κ2) is 9.29. The Morgan fingerprint density at radius 1 is 1.12 bits per heavy atom. The van der Waals surface area contributed by atoms with Crippen LogP contribution in [0.25, 0.3) is 0 Å². The van der Waals surface area contributed by atoms with Crippen LogP contribution in [0.5, 0.6) is 0 Å². The van der Waals surface area contributed by atoms with Crippen LogP contribution < -0.4 is 16.0 Å². The van der Waals surface area contributed by atoms with Crippen LogP contribution in [-0.4, -0.2) is 18.5 Å². The Hall–Kier alpha value is -2.25. The molecule has 3 amide bonds. The van der Waals surface area contributed by atoms with Crippen molar-refractivity contribution in [2.75, 3.05) is 11.9 Å². The van der Waals surface area contributed by atoms with Crippen molar-refractivity contribution >= 4 is 33.6 Å². The van der Waals surface area contributed by atoms with E-state index < -0.39 is 17.8 Å². The van der Waals surface area contributed by atoms with Gasteiger partial charge in [0.1, 0.15) is 5.82 Å². The molecule has 0 aliphatic rings. The van der Waals surface area contributed by atoms with Crippen molar-refractivity contribution in [3.63, 3.8) is 0 Å². The normalized spacial score (nSPS) is 11.6. The van der Waals surface area contributed by atoms with E-state index in [1.165, 1.54) is 18.2 Å². The Balaban J connectivity index is 1.83. The number of hydrogen-bond acceptors (Lipinski definition) is 3. The van der Waals surface area contributed by atoms with E-state index in [2.05, 4.69) is 31.9 Å². The highest BCUT2D eigenvalue weighted by atomic mass is 79.9. The van der Waals surface area contributed by atoms with Crippen LogP contribution in [0.15, 0.2) is 53.0 Å². The lowest BCUT2D eigenvalue weighted by Crippen LogP contribution is -2.41. The summed E-state index contributed by atoms with van der Waals surface area (Å²) in [5.41, 5.74) is 1.07. The Bertz CT molecular complexity index is 737. The van der Waals surface area contributed by atoms with Crippen LogP contribution in [0.2, 0.25) is 0 Å². The van der Waals surface area contributed by atoms with Gasteiger partial charge in [0, 0.05) is 10.5 Å².